The normalized spacial score (nSPS) is 15.4. The van der Waals surface area contributed by atoms with E-state index in [1.165, 1.54) is 0 Å². The van der Waals surface area contributed by atoms with Crippen LogP contribution in [0.2, 0.25) is 0 Å². The van der Waals surface area contributed by atoms with Crippen molar-refractivity contribution >= 4 is 23.5 Å². The standard InChI is InChI=1S/C19H26N2O4/c1-12(2)11-20-17(23)14-5-6-15(13(3)9-14)21-16(22)10-19(18(24)25)7-4-8-19/h5-6,9,12H,4,7-8,10-11H2,1-3H3,(H,20,23)(H,21,22)(H,24,25). The average Bonchev–Trinajstić information content (AvgIpc) is 2.50. The maximum atomic E-state index is 12.2. The Morgan fingerprint density at radius 2 is 1.92 bits per heavy atom. The van der Waals surface area contributed by atoms with Gasteiger partial charge in [0.1, 0.15) is 0 Å². The molecule has 0 bridgehead atoms. The molecule has 1 fully saturated rings. The number of benzene rings is 1. The van der Waals surface area contributed by atoms with Crippen LogP contribution < -0.4 is 10.6 Å². The molecule has 6 heteroatoms. The number of rotatable bonds is 7. The average molecular weight is 346 g/mol. The van der Waals surface area contributed by atoms with Gasteiger partial charge in [-0.05, 0) is 49.4 Å². The molecule has 2 rings (SSSR count). The molecule has 0 saturated heterocycles. The van der Waals surface area contributed by atoms with E-state index in [2.05, 4.69) is 10.6 Å². The summed E-state index contributed by atoms with van der Waals surface area (Å²) in [5.41, 5.74) is 1.00. The first-order chi connectivity index (χ1) is 11.7. The van der Waals surface area contributed by atoms with E-state index < -0.39 is 11.4 Å². The molecular weight excluding hydrogens is 320 g/mol. The van der Waals surface area contributed by atoms with Crippen molar-refractivity contribution in [2.24, 2.45) is 11.3 Å². The molecule has 0 aromatic heterocycles. The van der Waals surface area contributed by atoms with Crippen molar-refractivity contribution in [2.45, 2.75) is 46.5 Å². The summed E-state index contributed by atoms with van der Waals surface area (Å²) >= 11 is 0. The summed E-state index contributed by atoms with van der Waals surface area (Å²) in [6, 6.07) is 5.07. The van der Waals surface area contributed by atoms with E-state index >= 15 is 0 Å². The second-order valence-electron chi connectivity index (χ2n) is 7.30. The third kappa shape index (κ3) is 4.59. The van der Waals surface area contributed by atoms with Gasteiger partial charge < -0.3 is 15.7 Å². The number of amides is 2. The quantitative estimate of drug-likeness (QED) is 0.707. The van der Waals surface area contributed by atoms with Crippen LogP contribution in [0.5, 0.6) is 0 Å². The zero-order chi connectivity index (χ0) is 18.6. The summed E-state index contributed by atoms with van der Waals surface area (Å²) in [7, 11) is 0. The van der Waals surface area contributed by atoms with Crippen LogP contribution in [0.1, 0.15) is 55.5 Å². The molecular formula is C19H26N2O4. The fourth-order valence-electron chi connectivity index (χ4n) is 2.92. The van der Waals surface area contributed by atoms with E-state index in [1.54, 1.807) is 18.2 Å². The highest BCUT2D eigenvalue weighted by Crippen LogP contribution is 2.44. The fourth-order valence-corrected chi connectivity index (χ4v) is 2.92. The smallest absolute Gasteiger partial charge is 0.310 e. The number of aliphatic carboxylic acids is 1. The third-order valence-corrected chi connectivity index (χ3v) is 4.70. The second kappa shape index (κ2) is 7.68. The predicted octanol–water partition coefficient (Wildman–Crippen LogP) is 2.96. The summed E-state index contributed by atoms with van der Waals surface area (Å²) in [5.74, 6) is -0.976. The minimum absolute atomic E-state index is 0.0155. The van der Waals surface area contributed by atoms with Gasteiger partial charge in [0.05, 0.1) is 5.41 Å². The van der Waals surface area contributed by atoms with Crippen molar-refractivity contribution in [3.05, 3.63) is 29.3 Å². The summed E-state index contributed by atoms with van der Waals surface area (Å²) in [6.07, 6.45) is 1.92. The Morgan fingerprint density at radius 3 is 2.40 bits per heavy atom. The van der Waals surface area contributed by atoms with Gasteiger partial charge in [0, 0.05) is 24.2 Å². The van der Waals surface area contributed by atoms with Gasteiger partial charge in [0.2, 0.25) is 5.91 Å². The van der Waals surface area contributed by atoms with Crippen LogP contribution in [0.25, 0.3) is 0 Å². The molecule has 1 aromatic rings. The lowest BCUT2D eigenvalue weighted by Gasteiger charge is -2.36. The van der Waals surface area contributed by atoms with Crippen molar-refractivity contribution in [1.82, 2.24) is 5.32 Å². The van der Waals surface area contributed by atoms with Crippen LogP contribution >= 0.6 is 0 Å². The SMILES string of the molecule is Cc1cc(C(=O)NCC(C)C)ccc1NC(=O)CC1(C(=O)O)CCC1. The number of carboxylic acids is 1. The van der Waals surface area contributed by atoms with Gasteiger partial charge in [0.25, 0.3) is 5.91 Å². The lowest BCUT2D eigenvalue weighted by atomic mass is 9.66. The number of aryl methyl sites for hydroxylation is 1. The van der Waals surface area contributed by atoms with E-state index in [9.17, 15) is 19.5 Å². The zero-order valence-corrected chi connectivity index (χ0v) is 15.0. The largest absolute Gasteiger partial charge is 0.481 e. The van der Waals surface area contributed by atoms with Gasteiger partial charge in [-0.2, -0.15) is 0 Å². The van der Waals surface area contributed by atoms with Gasteiger partial charge in [-0.1, -0.05) is 20.3 Å². The van der Waals surface area contributed by atoms with Crippen molar-refractivity contribution < 1.29 is 19.5 Å². The maximum absolute atomic E-state index is 12.2. The first kappa shape index (κ1) is 19.0. The van der Waals surface area contributed by atoms with E-state index in [-0.39, 0.29) is 18.2 Å². The van der Waals surface area contributed by atoms with E-state index in [0.29, 0.717) is 36.6 Å². The Morgan fingerprint density at radius 1 is 1.24 bits per heavy atom. The summed E-state index contributed by atoms with van der Waals surface area (Å²) in [4.78, 5) is 35.7. The second-order valence-corrected chi connectivity index (χ2v) is 7.30. The molecule has 0 unspecified atom stereocenters. The molecule has 1 aromatic carbocycles. The Bertz CT molecular complexity index is 678. The molecule has 0 heterocycles. The summed E-state index contributed by atoms with van der Waals surface area (Å²) < 4.78 is 0. The fraction of sp³-hybridized carbons (Fsp3) is 0.526. The van der Waals surface area contributed by atoms with Crippen molar-refractivity contribution in [3.8, 4) is 0 Å². The minimum Gasteiger partial charge on any atom is -0.481 e. The number of carbonyl (C=O) groups excluding carboxylic acids is 2. The van der Waals surface area contributed by atoms with Gasteiger partial charge in [0.15, 0.2) is 0 Å². The van der Waals surface area contributed by atoms with Crippen LogP contribution in [0.4, 0.5) is 5.69 Å². The molecule has 0 spiro atoms. The topological polar surface area (TPSA) is 95.5 Å². The molecule has 1 aliphatic carbocycles. The highest BCUT2D eigenvalue weighted by atomic mass is 16.4. The molecule has 6 nitrogen and oxygen atoms in total. The Labute approximate surface area is 148 Å². The Balaban J connectivity index is 2.00. The molecule has 2 amide bonds. The van der Waals surface area contributed by atoms with E-state index in [0.717, 1.165) is 12.0 Å². The first-order valence-electron chi connectivity index (χ1n) is 8.65. The van der Waals surface area contributed by atoms with E-state index in [4.69, 9.17) is 0 Å². The van der Waals surface area contributed by atoms with Crippen molar-refractivity contribution in [2.75, 3.05) is 11.9 Å². The van der Waals surface area contributed by atoms with E-state index in [1.807, 2.05) is 20.8 Å². The van der Waals surface area contributed by atoms with Crippen molar-refractivity contribution in [1.29, 1.82) is 0 Å². The highest BCUT2D eigenvalue weighted by Gasteiger charge is 2.45. The monoisotopic (exact) mass is 346 g/mol. The van der Waals surface area contributed by atoms with Crippen LogP contribution in [0, 0.1) is 18.3 Å². The molecule has 1 saturated carbocycles. The van der Waals surface area contributed by atoms with Gasteiger partial charge in [-0.25, -0.2) is 0 Å². The number of hydrogen-bond acceptors (Lipinski definition) is 3. The third-order valence-electron chi connectivity index (χ3n) is 4.70. The van der Waals surface area contributed by atoms with Crippen LogP contribution in [-0.4, -0.2) is 29.4 Å². The Kier molecular flexibility index (Phi) is 5.82. The number of anilines is 1. The predicted molar refractivity (Wildman–Crippen MR) is 95.5 cm³/mol. The number of hydrogen-bond donors (Lipinski definition) is 3. The Hall–Kier alpha value is -2.37. The number of carboxylic acid groups (broad SMARTS) is 1. The lowest BCUT2D eigenvalue weighted by Crippen LogP contribution is -2.41. The molecule has 0 aliphatic heterocycles. The van der Waals surface area contributed by atoms with Crippen molar-refractivity contribution in [3.63, 3.8) is 0 Å². The summed E-state index contributed by atoms with van der Waals surface area (Å²) in [5, 5.41) is 14.9. The van der Waals surface area contributed by atoms with Crippen LogP contribution in [0.15, 0.2) is 18.2 Å². The molecule has 0 radical (unpaired) electrons. The molecule has 136 valence electrons. The van der Waals surface area contributed by atoms with Crippen LogP contribution in [0.3, 0.4) is 0 Å². The molecule has 1 aliphatic rings. The number of nitrogens with one attached hydrogen (secondary N) is 2. The van der Waals surface area contributed by atoms with Gasteiger partial charge in [-0.3, -0.25) is 14.4 Å². The van der Waals surface area contributed by atoms with Gasteiger partial charge >= 0.3 is 5.97 Å². The molecule has 0 atom stereocenters. The highest BCUT2D eigenvalue weighted by molar-refractivity contribution is 5.97. The summed E-state index contributed by atoms with van der Waals surface area (Å²) in [6.45, 7) is 6.46. The minimum atomic E-state index is -0.908. The maximum Gasteiger partial charge on any atom is 0.310 e. The molecule has 3 N–H and O–H groups in total. The van der Waals surface area contributed by atoms with Crippen LogP contribution in [-0.2, 0) is 9.59 Å². The lowest BCUT2D eigenvalue weighted by molar-refractivity contribution is -0.157. The van der Waals surface area contributed by atoms with Gasteiger partial charge in [-0.15, -0.1) is 0 Å². The molecule has 25 heavy (non-hydrogen) atoms. The number of carbonyl (C=O) groups is 3. The zero-order valence-electron chi connectivity index (χ0n) is 15.0. The first-order valence-corrected chi connectivity index (χ1v) is 8.65.